The van der Waals surface area contributed by atoms with E-state index in [2.05, 4.69) is 10.2 Å². The van der Waals surface area contributed by atoms with E-state index in [4.69, 9.17) is 4.42 Å². The monoisotopic (exact) mass is 158 g/mol. The molecule has 2 heterocycles. The quantitative estimate of drug-likeness (QED) is 0.545. The van der Waals surface area contributed by atoms with Gasteiger partial charge in [0.2, 0.25) is 5.71 Å². The summed E-state index contributed by atoms with van der Waals surface area (Å²) in [5.74, 6) is 0. The van der Waals surface area contributed by atoms with Crippen molar-refractivity contribution in [1.29, 1.82) is 0 Å². The van der Waals surface area contributed by atoms with Crippen LogP contribution in [-0.4, -0.2) is 10.2 Å². The Morgan fingerprint density at radius 1 is 1.25 bits per heavy atom. The van der Waals surface area contributed by atoms with Gasteiger partial charge in [0.05, 0.1) is 17.3 Å². The molecule has 1 aromatic rings. The highest BCUT2D eigenvalue weighted by Gasteiger charge is 2.09. The van der Waals surface area contributed by atoms with Crippen molar-refractivity contribution in [2.45, 2.75) is 0 Å². The van der Waals surface area contributed by atoms with E-state index in [0.717, 1.165) is 16.6 Å². The fourth-order valence-electron chi connectivity index (χ4n) is 1.46. The summed E-state index contributed by atoms with van der Waals surface area (Å²) in [6.07, 6.45) is 1.65. The van der Waals surface area contributed by atoms with Crippen LogP contribution in [0.15, 0.2) is 34.9 Å². The van der Waals surface area contributed by atoms with Gasteiger partial charge in [-0.1, -0.05) is 12.1 Å². The average Bonchev–Trinajstić information content (AvgIpc) is 2.71. The van der Waals surface area contributed by atoms with E-state index in [1.54, 1.807) is 6.26 Å². The van der Waals surface area contributed by atoms with Gasteiger partial charge in [-0.15, -0.1) is 5.10 Å². The van der Waals surface area contributed by atoms with E-state index in [1.807, 2.05) is 24.3 Å². The molecule has 0 unspecified atom stereocenters. The Morgan fingerprint density at radius 2 is 2.25 bits per heavy atom. The van der Waals surface area contributed by atoms with Gasteiger partial charge in [-0.05, 0) is 12.1 Å². The lowest BCUT2D eigenvalue weighted by Crippen LogP contribution is -1.85. The maximum absolute atomic E-state index is 5.15. The van der Waals surface area contributed by atoms with Gasteiger partial charge in [-0.25, -0.2) is 0 Å². The molecular formula is C9H6N2O. The minimum atomic E-state index is 0.661. The molecule has 12 heavy (non-hydrogen) atoms. The van der Waals surface area contributed by atoms with Crippen molar-refractivity contribution in [3.8, 4) is 11.3 Å². The third-order valence-electron chi connectivity index (χ3n) is 2.03. The molecule has 1 N–H and O–H groups in total. The fraction of sp³-hybridized carbons (Fsp3) is 0. The van der Waals surface area contributed by atoms with Gasteiger partial charge < -0.3 is 4.42 Å². The third kappa shape index (κ3) is 0.580. The molecular weight excluding hydrogens is 152 g/mol. The first-order valence-corrected chi connectivity index (χ1v) is 3.75. The van der Waals surface area contributed by atoms with Gasteiger partial charge >= 0.3 is 0 Å². The zero-order chi connectivity index (χ0) is 7.97. The summed E-state index contributed by atoms with van der Waals surface area (Å²) in [7, 11) is 0. The van der Waals surface area contributed by atoms with Gasteiger partial charge in [0.15, 0.2) is 0 Å². The first-order valence-electron chi connectivity index (χ1n) is 3.75. The lowest BCUT2D eigenvalue weighted by atomic mass is 10.2. The van der Waals surface area contributed by atoms with Crippen LogP contribution in [0.3, 0.4) is 0 Å². The maximum Gasteiger partial charge on any atom is 0.243 e. The minimum absolute atomic E-state index is 0.661. The highest BCUT2D eigenvalue weighted by atomic mass is 16.3. The normalized spacial score (nSPS) is 11.3. The molecule has 0 saturated heterocycles. The summed E-state index contributed by atoms with van der Waals surface area (Å²) in [5.41, 5.74) is 2.87. The smallest absolute Gasteiger partial charge is 0.243 e. The number of fused-ring (bicyclic) bond motifs is 3. The first-order chi connectivity index (χ1) is 5.95. The Hall–Kier alpha value is -1.77. The van der Waals surface area contributed by atoms with Crippen LogP contribution in [0.25, 0.3) is 22.4 Å². The molecule has 0 spiro atoms. The van der Waals surface area contributed by atoms with Crippen LogP contribution in [0.1, 0.15) is 0 Å². The molecule has 0 aromatic carbocycles. The van der Waals surface area contributed by atoms with Crippen molar-refractivity contribution < 1.29 is 4.42 Å². The lowest BCUT2D eigenvalue weighted by Gasteiger charge is -1.97. The molecule has 0 radical (unpaired) electrons. The Balaban J connectivity index is 2.61. The molecule has 58 valence electrons. The van der Waals surface area contributed by atoms with Crippen molar-refractivity contribution in [2.24, 2.45) is 0 Å². The van der Waals surface area contributed by atoms with Gasteiger partial charge in [0.25, 0.3) is 0 Å². The Kier molecular flexibility index (Phi) is 0.913. The zero-order valence-electron chi connectivity index (χ0n) is 6.24. The number of furan rings is 1. The maximum atomic E-state index is 5.15. The van der Waals surface area contributed by atoms with Crippen LogP contribution in [0.5, 0.6) is 0 Å². The molecule has 0 bridgehead atoms. The summed E-state index contributed by atoms with van der Waals surface area (Å²) < 4.78 is 5.15. The SMILES string of the molecule is c1cc2[nH]nc3occc3c-2c1. The predicted molar refractivity (Wildman–Crippen MR) is 45.0 cm³/mol. The van der Waals surface area contributed by atoms with Crippen molar-refractivity contribution in [3.05, 3.63) is 30.5 Å². The molecule has 2 aliphatic rings. The fourth-order valence-corrected chi connectivity index (χ4v) is 1.46. The number of aromatic amines is 1. The number of aromatic nitrogens is 2. The minimum Gasteiger partial charge on any atom is -0.445 e. The van der Waals surface area contributed by atoms with Crippen LogP contribution in [0.2, 0.25) is 0 Å². The van der Waals surface area contributed by atoms with Crippen molar-refractivity contribution in [3.63, 3.8) is 0 Å². The van der Waals surface area contributed by atoms with Crippen LogP contribution in [-0.2, 0) is 0 Å². The summed E-state index contributed by atoms with van der Waals surface area (Å²) in [5, 5.41) is 8.03. The predicted octanol–water partition coefficient (Wildman–Crippen LogP) is 2.26. The Morgan fingerprint density at radius 3 is 3.25 bits per heavy atom. The number of hydrogen-bond donors (Lipinski definition) is 1. The number of nitrogens with zero attached hydrogens (tertiary/aromatic N) is 1. The molecule has 3 nitrogen and oxygen atoms in total. The second-order valence-corrected chi connectivity index (χ2v) is 2.72. The second-order valence-electron chi connectivity index (χ2n) is 2.72. The number of rotatable bonds is 0. The lowest BCUT2D eigenvalue weighted by molar-refractivity contribution is 0.597. The highest BCUT2D eigenvalue weighted by molar-refractivity contribution is 5.91. The van der Waals surface area contributed by atoms with E-state index in [0.29, 0.717) is 5.71 Å². The summed E-state index contributed by atoms with van der Waals surface area (Å²) in [6.45, 7) is 0. The molecule has 3 rings (SSSR count). The third-order valence-corrected chi connectivity index (χ3v) is 2.03. The first kappa shape index (κ1) is 5.83. The average molecular weight is 158 g/mol. The van der Waals surface area contributed by atoms with Gasteiger partial charge in [-0.2, -0.15) is 0 Å². The van der Waals surface area contributed by atoms with Crippen LogP contribution >= 0.6 is 0 Å². The van der Waals surface area contributed by atoms with Gasteiger partial charge in [0.1, 0.15) is 0 Å². The molecule has 0 atom stereocenters. The number of H-pyrrole nitrogens is 1. The topological polar surface area (TPSA) is 41.8 Å². The van der Waals surface area contributed by atoms with Crippen LogP contribution in [0.4, 0.5) is 0 Å². The summed E-state index contributed by atoms with van der Waals surface area (Å²) in [6, 6.07) is 7.97. The van der Waals surface area contributed by atoms with Gasteiger partial charge in [-0.3, -0.25) is 5.10 Å². The Bertz CT molecular complexity index is 494. The molecule has 0 fully saturated rings. The molecule has 1 aromatic heterocycles. The Labute approximate surface area is 68.3 Å². The zero-order valence-corrected chi connectivity index (χ0v) is 6.24. The summed E-state index contributed by atoms with van der Waals surface area (Å²) in [4.78, 5) is 0. The highest BCUT2D eigenvalue weighted by Crippen LogP contribution is 2.28. The van der Waals surface area contributed by atoms with Gasteiger partial charge in [0, 0.05) is 5.56 Å². The van der Waals surface area contributed by atoms with E-state index >= 15 is 0 Å². The van der Waals surface area contributed by atoms with E-state index in [1.165, 1.54) is 0 Å². The van der Waals surface area contributed by atoms with E-state index in [9.17, 15) is 0 Å². The molecule has 1 aliphatic heterocycles. The summed E-state index contributed by atoms with van der Waals surface area (Å²) >= 11 is 0. The van der Waals surface area contributed by atoms with Crippen LogP contribution in [0, 0.1) is 0 Å². The standard InChI is InChI=1S/C9H6N2O/c1-2-6-7-4-5-12-9(7)11-10-8(6)3-1/h1-5,10H. The van der Waals surface area contributed by atoms with Crippen molar-refractivity contribution >= 4 is 11.1 Å². The van der Waals surface area contributed by atoms with Crippen molar-refractivity contribution in [2.75, 3.05) is 0 Å². The molecule has 0 amide bonds. The van der Waals surface area contributed by atoms with E-state index in [-0.39, 0.29) is 0 Å². The van der Waals surface area contributed by atoms with Crippen molar-refractivity contribution in [1.82, 2.24) is 10.2 Å². The van der Waals surface area contributed by atoms with E-state index < -0.39 is 0 Å². The number of hydrogen-bond acceptors (Lipinski definition) is 2. The molecule has 0 saturated carbocycles. The number of nitrogens with one attached hydrogen (secondary N) is 1. The van der Waals surface area contributed by atoms with Crippen LogP contribution < -0.4 is 0 Å². The second kappa shape index (κ2) is 1.88. The molecule has 1 aliphatic carbocycles. The largest absolute Gasteiger partial charge is 0.445 e. The molecule has 3 heteroatoms.